The fourth-order valence-corrected chi connectivity index (χ4v) is 4.74. The van der Waals surface area contributed by atoms with Crippen LogP contribution in [0.2, 0.25) is 0 Å². The summed E-state index contributed by atoms with van der Waals surface area (Å²) >= 11 is 24.3. The Morgan fingerprint density at radius 1 is 0.472 bits per heavy atom. The van der Waals surface area contributed by atoms with E-state index in [9.17, 15) is 0 Å². The van der Waals surface area contributed by atoms with Gasteiger partial charge in [0.25, 0.3) is 0 Å². The van der Waals surface area contributed by atoms with Gasteiger partial charge in [0.1, 0.15) is 24.7 Å². The van der Waals surface area contributed by atoms with Crippen LogP contribution in [-0.4, -0.2) is 0 Å². The lowest BCUT2D eigenvalue weighted by Crippen LogP contribution is -2.04. The van der Waals surface area contributed by atoms with Crippen molar-refractivity contribution in [1.82, 2.24) is 0 Å². The average Bonchev–Trinajstić information content (AvgIpc) is 2.94. The van der Waals surface area contributed by atoms with Gasteiger partial charge in [-0.3, -0.25) is 0 Å². The summed E-state index contributed by atoms with van der Waals surface area (Å²) in [6.45, 7) is 0.785. The summed E-state index contributed by atoms with van der Waals surface area (Å²) in [5.41, 5.74) is 8.22. The monoisotopic (exact) mass is 558 g/mol. The van der Waals surface area contributed by atoms with Gasteiger partial charge in [-0.2, -0.15) is 0 Å². The number of benzene rings is 4. The minimum absolute atomic E-state index is 0.393. The lowest BCUT2D eigenvalue weighted by Gasteiger charge is -2.18. The molecule has 0 spiro atoms. The molecular formula is C30H26Cl4O2. The van der Waals surface area contributed by atoms with Gasteiger partial charge in [-0.05, 0) is 68.8 Å². The lowest BCUT2D eigenvalue weighted by molar-refractivity contribution is 0.300. The number of ether oxygens (including phenoxy) is 2. The maximum atomic E-state index is 6.23. The molecule has 186 valence electrons. The van der Waals surface area contributed by atoms with E-state index in [1.54, 1.807) is 0 Å². The average molecular weight is 560 g/mol. The Kier molecular flexibility index (Phi) is 9.83. The van der Waals surface area contributed by atoms with Crippen LogP contribution in [0.25, 0.3) is 11.1 Å². The number of hydrogen-bond donors (Lipinski definition) is 0. The van der Waals surface area contributed by atoms with Crippen molar-refractivity contribution >= 4 is 46.4 Å². The molecule has 36 heavy (non-hydrogen) atoms. The molecule has 0 aliphatic rings. The molecule has 0 bridgehead atoms. The molecule has 0 N–H and O–H groups in total. The van der Waals surface area contributed by atoms with Crippen LogP contribution in [0.15, 0.2) is 84.9 Å². The zero-order chi connectivity index (χ0) is 25.3. The van der Waals surface area contributed by atoms with E-state index in [2.05, 4.69) is 24.3 Å². The molecule has 4 aromatic rings. The predicted octanol–water partition coefficient (Wildman–Crippen LogP) is 9.47. The Labute approximate surface area is 232 Å². The second kappa shape index (κ2) is 13.3. The standard InChI is InChI=1S/C30H26Cl4O2/c31-15-21-9-22(16-32)12-28(11-21)35-19-26-7-4-8-27(30(26)25-5-2-1-3-6-25)20-36-29-13-23(17-33)10-24(14-29)18-34/h1-14H,15-20H2. The predicted molar refractivity (Wildman–Crippen MR) is 152 cm³/mol. The number of alkyl halides is 4. The molecule has 4 rings (SSSR count). The first-order valence-electron chi connectivity index (χ1n) is 11.5. The van der Waals surface area contributed by atoms with Gasteiger partial charge in [-0.15, -0.1) is 46.4 Å². The van der Waals surface area contributed by atoms with Crippen molar-refractivity contribution in [3.8, 4) is 22.6 Å². The maximum Gasteiger partial charge on any atom is 0.120 e. The molecule has 0 amide bonds. The molecule has 0 saturated carbocycles. The normalized spacial score (nSPS) is 10.9. The lowest BCUT2D eigenvalue weighted by atomic mass is 9.95. The van der Waals surface area contributed by atoms with Gasteiger partial charge in [-0.1, -0.05) is 60.7 Å². The van der Waals surface area contributed by atoms with Crippen LogP contribution >= 0.6 is 46.4 Å². The van der Waals surface area contributed by atoms with E-state index in [4.69, 9.17) is 55.9 Å². The van der Waals surface area contributed by atoms with Crippen LogP contribution in [0, 0.1) is 0 Å². The van der Waals surface area contributed by atoms with E-state index in [0.29, 0.717) is 36.7 Å². The molecule has 0 atom stereocenters. The summed E-state index contributed by atoms with van der Waals surface area (Å²) in [4.78, 5) is 0. The smallest absolute Gasteiger partial charge is 0.120 e. The highest BCUT2D eigenvalue weighted by atomic mass is 35.5. The number of rotatable bonds is 11. The third-order valence-electron chi connectivity index (χ3n) is 5.76. The molecule has 0 heterocycles. The van der Waals surface area contributed by atoms with Crippen molar-refractivity contribution in [2.45, 2.75) is 36.7 Å². The molecule has 0 unspecified atom stereocenters. The minimum Gasteiger partial charge on any atom is -0.489 e. The SMILES string of the molecule is ClCc1cc(CCl)cc(OCc2cccc(COc3cc(CCl)cc(CCl)c3)c2-c2ccccc2)c1. The van der Waals surface area contributed by atoms with Crippen LogP contribution < -0.4 is 9.47 Å². The highest BCUT2D eigenvalue weighted by Crippen LogP contribution is 2.31. The van der Waals surface area contributed by atoms with Crippen LogP contribution in [0.5, 0.6) is 11.5 Å². The van der Waals surface area contributed by atoms with E-state index < -0.39 is 0 Å². The highest BCUT2D eigenvalue weighted by molar-refractivity contribution is 6.18. The highest BCUT2D eigenvalue weighted by Gasteiger charge is 2.13. The van der Waals surface area contributed by atoms with Crippen LogP contribution in [0.3, 0.4) is 0 Å². The Bertz CT molecular complexity index is 1170. The molecule has 6 heteroatoms. The fraction of sp³-hybridized carbons (Fsp3) is 0.200. The van der Waals surface area contributed by atoms with E-state index in [1.165, 1.54) is 0 Å². The summed E-state index contributed by atoms with van der Waals surface area (Å²) in [5, 5.41) is 0. The molecule has 0 aliphatic carbocycles. The first-order valence-corrected chi connectivity index (χ1v) is 13.7. The zero-order valence-corrected chi connectivity index (χ0v) is 22.7. The molecule has 0 radical (unpaired) electrons. The van der Waals surface area contributed by atoms with Gasteiger partial charge in [0.2, 0.25) is 0 Å². The van der Waals surface area contributed by atoms with E-state index in [0.717, 1.165) is 56.0 Å². The van der Waals surface area contributed by atoms with Crippen LogP contribution in [0.1, 0.15) is 33.4 Å². The maximum absolute atomic E-state index is 6.23. The van der Waals surface area contributed by atoms with Crippen molar-refractivity contribution in [3.05, 3.63) is 118 Å². The van der Waals surface area contributed by atoms with Gasteiger partial charge in [0.05, 0.1) is 0 Å². The minimum atomic E-state index is 0.393. The molecule has 0 saturated heterocycles. The second-order valence-corrected chi connectivity index (χ2v) is 9.47. The van der Waals surface area contributed by atoms with Crippen molar-refractivity contribution in [2.75, 3.05) is 0 Å². The van der Waals surface area contributed by atoms with Gasteiger partial charge in [0.15, 0.2) is 0 Å². The van der Waals surface area contributed by atoms with Gasteiger partial charge in [0, 0.05) is 23.5 Å². The van der Waals surface area contributed by atoms with Gasteiger partial charge >= 0.3 is 0 Å². The molecule has 0 aliphatic heterocycles. The molecule has 4 aromatic carbocycles. The largest absolute Gasteiger partial charge is 0.489 e. The molecule has 0 fully saturated rings. The van der Waals surface area contributed by atoms with Gasteiger partial charge < -0.3 is 9.47 Å². The quantitative estimate of drug-likeness (QED) is 0.170. The Balaban J connectivity index is 1.63. The summed E-state index contributed by atoms with van der Waals surface area (Å²) in [6.07, 6.45) is 0. The van der Waals surface area contributed by atoms with Crippen molar-refractivity contribution in [1.29, 1.82) is 0 Å². The fourth-order valence-electron chi connectivity index (χ4n) is 4.12. The Morgan fingerprint density at radius 2 is 0.889 bits per heavy atom. The molecular weight excluding hydrogens is 534 g/mol. The zero-order valence-electron chi connectivity index (χ0n) is 19.7. The van der Waals surface area contributed by atoms with Crippen LogP contribution in [-0.2, 0) is 36.7 Å². The molecule has 0 aromatic heterocycles. The van der Waals surface area contributed by atoms with Crippen LogP contribution in [0.4, 0.5) is 0 Å². The third-order valence-corrected chi connectivity index (χ3v) is 6.99. The number of hydrogen-bond acceptors (Lipinski definition) is 2. The first kappa shape index (κ1) is 26.7. The summed E-state index contributed by atoms with van der Waals surface area (Å²) in [7, 11) is 0. The second-order valence-electron chi connectivity index (χ2n) is 8.40. The van der Waals surface area contributed by atoms with Crippen molar-refractivity contribution < 1.29 is 9.47 Å². The first-order chi connectivity index (χ1) is 17.6. The summed E-state index contributed by atoms with van der Waals surface area (Å²) < 4.78 is 12.5. The van der Waals surface area contributed by atoms with Crippen molar-refractivity contribution in [2.24, 2.45) is 0 Å². The van der Waals surface area contributed by atoms with Crippen molar-refractivity contribution in [3.63, 3.8) is 0 Å². The van der Waals surface area contributed by atoms with E-state index in [-0.39, 0.29) is 0 Å². The Hall–Kier alpha value is -2.36. The molecule has 2 nitrogen and oxygen atoms in total. The van der Waals surface area contributed by atoms with Gasteiger partial charge in [-0.25, -0.2) is 0 Å². The Morgan fingerprint density at radius 3 is 1.28 bits per heavy atom. The van der Waals surface area contributed by atoms with E-state index >= 15 is 0 Å². The topological polar surface area (TPSA) is 18.5 Å². The summed E-state index contributed by atoms with van der Waals surface area (Å²) in [6, 6.07) is 28.3. The third kappa shape index (κ3) is 6.89. The van der Waals surface area contributed by atoms with E-state index in [1.807, 2.05) is 60.7 Å². The number of halogens is 4. The summed E-state index contributed by atoms with van der Waals surface area (Å²) in [5.74, 6) is 3.10.